The molecule has 190 valence electrons. The Morgan fingerprint density at radius 3 is 2.19 bits per heavy atom. The van der Waals surface area contributed by atoms with Crippen LogP contribution < -0.4 is 15.5 Å². The molecular formula is C29H37N5O2. The number of aromatic nitrogens is 2. The summed E-state index contributed by atoms with van der Waals surface area (Å²) >= 11 is 0. The Labute approximate surface area is 213 Å². The lowest BCUT2D eigenvalue weighted by Crippen LogP contribution is -2.42. The SMILES string of the molecule is Cc1nn(-c2ccccc2)c(N2CCC(C(=O)NCC(C)c3ccccc3)CC2)c1NC(=O)C(C)C. The van der Waals surface area contributed by atoms with Crippen molar-refractivity contribution in [2.24, 2.45) is 11.8 Å². The van der Waals surface area contributed by atoms with Crippen LogP contribution >= 0.6 is 0 Å². The van der Waals surface area contributed by atoms with Gasteiger partial charge in [0.15, 0.2) is 5.82 Å². The van der Waals surface area contributed by atoms with E-state index in [-0.39, 0.29) is 29.6 Å². The van der Waals surface area contributed by atoms with Crippen LogP contribution in [-0.2, 0) is 9.59 Å². The molecule has 1 aromatic heterocycles. The molecular weight excluding hydrogens is 450 g/mol. The van der Waals surface area contributed by atoms with Gasteiger partial charge in [-0.05, 0) is 43.4 Å². The number of nitrogens with one attached hydrogen (secondary N) is 2. The monoisotopic (exact) mass is 487 g/mol. The highest BCUT2D eigenvalue weighted by Gasteiger charge is 2.30. The molecule has 1 fully saturated rings. The van der Waals surface area contributed by atoms with Gasteiger partial charge in [-0.3, -0.25) is 9.59 Å². The van der Waals surface area contributed by atoms with Crippen LogP contribution in [0, 0.1) is 18.8 Å². The lowest BCUT2D eigenvalue weighted by molar-refractivity contribution is -0.125. The molecule has 36 heavy (non-hydrogen) atoms. The summed E-state index contributed by atoms with van der Waals surface area (Å²) in [5, 5.41) is 11.1. The number of carbonyl (C=O) groups is 2. The third-order valence-electron chi connectivity index (χ3n) is 6.93. The fraction of sp³-hybridized carbons (Fsp3) is 0.414. The third kappa shape index (κ3) is 5.78. The largest absolute Gasteiger partial charge is 0.355 e. The second-order valence-corrected chi connectivity index (χ2v) is 9.99. The summed E-state index contributed by atoms with van der Waals surface area (Å²) in [5.41, 5.74) is 3.69. The molecule has 0 aliphatic carbocycles. The van der Waals surface area contributed by atoms with Gasteiger partial charge in [0.2, 0.25) is 11.8 Å². The van der Waals surface area contributed by atoms with Crippen molar-refractivity contribution in [3.8, 4) is 5.69 Å². The number of hydrogen-bond acceptors (Lipinski definition) is 4. The summed E-state index contributed by atoms with van der Waals surface area (Å²) in [4.78, 5) is 27.8. The molecule has 1 aliphatic rings. The van der Waals surface area contributed by atoms with E-state index in [0.717, 1.165) is 48.8 Å². The third-order valence-corrected chi connectivity index (χ3v) is 6.93. The summed E-state index contributed by atoms with van der Waals surface area (Å²) in [7, 11) is 0. The van der Waals surface area contributed by atoms with E-state index in [9.17, 15) is 9.59 Å². The van der Waals surface area contributed by atoms with Crippen LogP contribution in [0.1, 0.15) is 50.8 Å². The molecule has 2 aromatic carbocycles. The van der Waals surface area contributed by atoms with Gasteiger partial charge in [-0.2, -0.15) is 5.10 Å². The van der Waals surface area contributed by atoms with Crippen LogP contribution in [0.25, 0.3) is 5.69 Å². The second-order valence-electron chi connectivity index (χ2n) is 9.99. The number of nitrogens with zero attached hydrogens (tertiary/aromatic N) is 3. The van der Waals surface area contributed by atoms with Gasteiger partial charge in [-0.15, -0.1) is 0 Å². The smallest absolute Gasteiger partial charge is 0.227 e. The Kier molecular flexibility index (Phi) is 8.08. The standard InChI is InChI=1S/C29H37N5O2/c1-20(2)27(35)31-26-22(4)32-34(25-13-9-6-10-14-25)29(26)33-17-15-24(16-18-33)28(36)30-19-21(3)23-11-7-5-8-12-23/h5-14,20-21,24H,15-19H2,1-4H3,(H,30,36)(H,31,35). The second kappa shape index (κ2) is 11.4. The predicted octanol–water partition coefficient (Wildman–Crippen LogP) is 4.91. The lowest BCUT2D eigenvalue weighted by atomic mass is 9.95. The van der Waals surface area contributed by atoms with Crippen molar-refractivity contribution in [1.82, 2.24) is 15.1 Å². The minimum Gasteiger partial charge on any atom is -0.355 e. The highest BCUT2D eigenvalue weighted by atomic mass is 16.2. The van der Waals surface area contributed by atoms with Crippen LogP contribution in [0.2, 0.25) is 0 Å². The molecule has 0 radical (unpaired) electrons. The van der Waals surface area contributed by atoms with E-state index in [0.29, 0.717) is 6.54 Å². The molecule has 0 spiro atoms. The van der Waals surface area contributed by atoms with E-state index in [1.54, 1.807) is 0 Å². The van der Waals surface area contributed by atoms with Crippen molar-refractivity contribution in [2.45, 2.75) is 46.5 Å². The number of anilines is 2. The number of amides is 2. The Balaban J connectivity index is 1.46. The first kappa shape index (κ1) is 25.5. The fourth-order valence-electron chi connectivity index (χ4n) is 4.62. The summed E-state index contributed by atoms with van der Waals surface area (Å²) in [6.07, 6.45) is 1.50. The van der Waals surface area contributed by atoms with Crippen molar-refractivity contribution in [1.29, 1.82) is 0 Å². The van der Waals surface area contributed by atoms with E-state index < -0.39 is 0 Å². The summed E-state index contributed by atoms with van der Waals surface area (Å²) < 4.78 is 1.91. The number of rotatable bonds is 8. The first-order valence-corrected chi connectivity index (χ1v) is 12.9. The minimum absolute atomic E-state index is 0.0212. The number of benzene rings is 2. The number of aryl methyl sites for hydroxylation is 1. The first-order chi connectivity index (χ1) is 17.3. The van der Waals surface area contributed by atoms with Crippen LogP contribution in [-0.4, -0.2) is 41.2 Å². The molecule has 0 saturated carbocycles. The predicted molar refractivity (Wildman–Crippen MR) is 145 cm³/mol. The van der Waals surface area contributed by atoms with Crippen molar-refractivity contribution in [3.05, 3.63) is 71.9 Å². The van der Waals surface area contributed by atoms with Gasteiger partial charge in [0, 0.05) is 31.5 Å². The maximum Gasteiger partial charge on any atom is 0.227 e. The van der Waals surface area contributed by atoms with Crippen molar-refractivity contribution in [2.75, 3.05) is 29.9 Å². The van der Waals surface area contributed by atoms with E-state index in [2.05, 4.69) is 34.6 Å². The Morgan fingerprint density at radius 2 is 1.58 bits per heavy atom. The zero-order chi connectivity index (χ0) is 25.7. The topological polar surface area (TPSA) is 79.3 Å². The minimum atomic E-state index is -0.134. The molecule has 3 aromatic rings. The van der Waals surface area contributed by atoms with Gasteiger partial charge < -0.3 is 15.5 Å². The molecule has 2 N–H and O–H groups in total. The number of piperidine rings is 1. The molecule has 0 bridgehead atoms. The lowest BCUT2D eigenvalue weighted by Gasteiger charge is -2.34. The van der Waals surface area contributed by atoms with Gasteiger partial charge >= 0.3 is 0 Å². The molecule has 7 heteroatoms. The van der Waals surface area contributed by atoms with Crippen molar-refractivity contribution < 1.29 is 9.59 Å². The molecule has 7 nitrogen and oxygen atoms in total. The average Bonchev–Trinajstić information content (AvgIpc) is 3.23. The maximum atomic E-state index is 13.0. The molecule has 1 saturated heterocycles. The number of carbonyl (C=O) groups excluding carboxylic acids is 2. The normalized spacial score (nSPS) is 15.1. The van der Waals surface area contributed by atoms with E-state index >= 15 is 0 Å². The van der Waals surface area contributed by atoms with E-state index in [4.69, 9.17) is 5.10 Å². The van der Waals surface area contributed by atoms with Gasteiger partial charge in [-0.25, -0.2) is 4.68 Å². The zero-order valence-corrected chi connectivity index (χ0v) is 21.7. The molecule has 1 unspecified atom stereocenters. The van der Waals surface area contributed by atoms with Gasteiger partial charge in [-0.1, -0.05) is 69.3 Å². The van der Waals surface area contributed by atoms with E-state index in [1.165, 1.54) is 5.56 Å². The Bertz CT molecular complexity index is 1170. The summed E-state index contributed by atoms with van der Waals surface area (Å²) in [6, 6.07) is 20.2. The van der Waals surface area contributed by atoms with Crippen molar-refractivity contribution >= 4 is 23.3 Å². The highest BCUT2D eigenvalue weighted by molar-refractivity contribution is 5.96. The fourth-order valence-corrected chi connectivity index (χ4v) is 4.62. The molecule has 1 aliphatic heterocycles. The van der Waals surface area contributed by atoms with Crippen LogP contribution in [0.3, 0.4) is 0 Å². The van der Waals surface area contributed by atoms with Crippen molar-refractivity contribution in [3.63, 3.8) is 0 Å². The maximum absolute atomic E-state index is 13.0. The van der Waals surface area contributed by atoms with Gasteiger partial charge in [0.05, 0.1) is 11.4 Å². The average molecular weight is 488 g/mol. The summed E-state index contributed by atoms with van der Waals surface area (Å²) in [5.74, 6) is 1.08. The van der Waals surface area contributed by atoms with Gasteiger partial charge in [0.1, 0.15) is 5.69 Å². The number of hydrogen-bond donors (Lipinski definition) is 2. The molecule has 4 rings (SSSR count). The number of para-hydroxylation sites is 1. The molecule has 1 atom stereocenters. The Hall–Kier alpha value is -3.61. The van der Waals surface area contributed by atoms with Gasteiger partial charge in [0.25, 0.3) is 0 Å². The summed E-state index contributed by atoms with van der Waals surface area (Å²) in [6.45, 7) is 9.90. The molecule has 2 heterocycles. The Morgan fingerprint density at radius 1 is 0.972 bits per heavy atom. The van der Waals surface area contributed by atoms with E-state index in [1.807, 2.05) is 74.0 Å². The molecule has 2 amide bonds. The zero-order valence-electron chi connectivity index (χ0n) is 21.7. The quantitative estimate of drug-likeness (QED) is 0.473. The first-order valence-electron chi connectivity index (χ1n) is 12.9. The van der Waals surface area contributed by atoms with Crippen LogP contribution in [0.15, 0.2) is 60.7 Å². The van der Waals surface area contributed by atoms with Crippen LogP contribution in [0.5, 0.6) is 0 Å². The highest BCUT2D eigenvalue weighted by Crippen LogP contribution is 2.35. The van der Waals surface area contributed by atoms with Crippen LogP contribution in [0.4, 0.5) is 11.5 Å².